The van der Waals surface area contributed by atoms with Crippen LogP contribution < -0.4 is 5.32 Å². The molecule has 1 fully saturated rings. The normalized spacial score (nSPS) is 24.1. The molecule has 1 rings (SSSR count). The number of carbonyl (C=O) groups is 2. The fourth-order valence-corrected chi connectivity index (χ4v) is 3.80. The number of esters is 1. The highest BCUT2D eigenvalue weighted by molar-refractivity contribution is 5.86. The van der Waals surface area contributed by atoms with Crippen LogP contribution in [0.5, 0.6) is 0 Å². The number of isocyanates is 1. The van der Waals surface area contributed by atoms with E-state index in [0.717, 1.165) is 19.3 Å². The second-order valence-electron chi connectivity index (χ2n) is 8.21. The summed E-state index contributed by atoms with van der Waals surface area (Å²) >= 11 is 0. The number of hydrogen-bond acceptors (Lipinski definition) is 6. The van der Waals surface area contributed by atoms with Crippen molar-refractivity contribution in [1.29, 1.82) is 0 Å². The number of nitrogens with one attached hydrogen (secondary N) is 1. The van der Waals surface area contributed by atoms with Gasteiger partial charge in [-0.15, -0.1) is 0 Å². The average molecular weight is 366 g/mol. The topological polar surface area (TPSA) is 94.1 Å². The Kier molecular flexibility index (Phi) is 8.03. The molecule has 7 nitrogen and oxygen atoms in total. The van der Waals surface area contributed by atoms with E-state index in [1.165, 1.54) is 0 Å². The zero-order chi connectivity index (χ0) is 19.8. The Bertz CT molecular complexity index is 580. The Morgan fingerprint density at radius 3 is 2.50 bits per heavy atom. The predicted molar refractivity (Wildman–Crippen MR) is 97.4 cm³/mol. The third kappa shape index (κ3) is 7.83. The molecule has 0 aromatic heterocycles. The SMILES string of the molecule is C=C(C)C(=O)OCCCOC(=O)NC1CC(C)(C)CC(C)(CN=C=O)C1. The summed E-state index contributed by atoms with van der Waals surface area (Å²) in [5.41, 5.74) is 0.207. The summed E-state index contributed by atoms with van der Waals surface area (Å²) < 4.78 is 10.1. The van der Waals surface area contributed by atoms with E-state index >= 15 is 0 Å². The second kappa shape index (κ2) is 9.53. The first-order chi connectivity index (χ1) is 12.1. The third-order valence-corrected chi connectivity index (χ3v) is 4.39. The van der Waals surface area contributed by atoms with Crippen LogP contribution >= 0.6 is 0 Å². The van der Waals surface area contributed by atoms with E-state index in [4.69, 9.17) is 9.47 Å². The summed E-state index contributed by atoms with van der Waals surface area (Å²) in [4.78, 5) is 37.4. The van der Waals surface area contributed by atoms with Crippen LogP contribution in [0, 0.1) is 10.8 Å². The van der Waals surface area contributed by atoms with E-state index in [2.05, 4.69) is 37.7 Å². The van der Waals surface area contributed by atoms with Crippen molar-refractivity contribution < 1.29 is 23.9 Å². The summed E-state index contributed by atoms with van der Waals surface area (Å²) in [7, 11) is 0. The van der Waals surface area contributed by atoms with Crippen LogP contribution in [0.2, 0.25) is 0 Å². The number of rotatable bonds is 8. The lowest BCUT2D eigenvalue weighted by Gasteiger charge is -2.45. The van der Waals surface area contributed by atoms with Crippen LogP contribution in [0.3, 0.4) is 0 Å². The molecule has 0 spiro atoms. The Morgan fingerprint density at radius 2 is 1.88 bits per heavy atom. The van der Waals surface area contributed by atoms with Crippen LogP contribution in [-0.2, 0) is 19.1 Å². The minimum absolute atomic E-state index is 0.0279. The lowest BCUT2D eigenvalue weighted by atomic mass is 9.62. The van der Waals surface area contributed by atoms with Crippen molar-refractivity contribution in [1.82, 2.24) is 5.32 Å². The van der Waals surface area contributed by atoms with Gasteiger partial charge >= 0.3 is 12.1 Å². The minimum atomic E-state index is -0.486. The molecule has 0 aromatic rings. The molecule has 0 bridgehead atoms. The number of nitrogens with zero attached hydrogens (tertiary/aromatic N) is 1. The molecule has 2 atom stereocenters. The number of carbonyl (C=O) groups excluding carboxylic acids is 3. The average Bonchev–Trinajstić information content (AvgIpc) is 2.50. The zero-order valence-electron chi connectivity index (χ0n) is 16.2. The summed E-state index contributed by atoms with van der Waals surface area (Å²) in [5.74, 6) is -0.448. The fraction of sp³-hybridized carbons (Fsp3) is 0.737. The number of aliphatic imine (C=N–C) groups is 1. The predicted octanol–water partition coefficient (Wildman–Crippen LogP) is 3.14. The van der Waals surface area contributed by atoms with Crippen molar-refractivity contribution >= 4 is 18.1 Å². The summed E-state index contributed by atoms with van der Waals surface area (Å²) in [6.07, 6.45) is 4.02. The molecule has 1 saturated carbocycles. The van der Waals surface area contributed by atoms with E-state index in [9.17, 15) is 14.4 Å². The van der Waals surface area contributed by atoms with Crippen molar-refractivity contribution in [3.05, 3.63) is 12.2 Å². The van der Waals surface area contributed by atoms with Gasteiger partial charge in [-0.1, -0.05) is 27.4 Å². The standard InChI is InChI=1S/C19H30N2O5/c1-14(2)16(23)25-7-6-8-26-17(24)21-15-9-18(3,4)11-19(5,10-15)12-20-13-22/h15H,1,6-12H2,2-5H3,(H,21,24). The molecule has 146 valence electrons. The van der Waals surface area contributed by atoms with Crippen molar-refractivity contribution in [3.8, 4) is 0 Å². The van der Waals surface area contributed by atoms with E-state index in [-0.39, 0.29) is 30.1 Å². The summed E-state index contributed by atoms with van der Waals surface area (Å²) in [6.45, 7) is 12.2. The van der Waals surface area contributed by atoms with Gasteiger partial charge in [0.15, 0.2) is 0 Å². The van der Waals surface area contributed by atoms with E-state index in [1.807, 2.05) is 0 Å². The van der Waals surface area contributed by atoms with Crippen molar-refractivity contribution in [2.45, 2.75) is 59.4 Å². The minimum Gasteiger partial charge on any atom is -0.462 e. The Hall–Kier alpha value is -2.14. The van der Waals surface area contributed by atoms with Gasteiger partial charge in [0, 0.05) is 18.0 Å². The van der Waals surface area contributed by atoms with Gasteiger partial charge in [-0.3, -0.25) is 0 Å². The zero-order valence-corrected chi connectivity index (χ0v) is 16.2. The van der Waals surface area contributed by atoms with Gasteiger partial charge in [-0.2, -0.15) is 0 Å². The smallest absolute Gasteiger partial charge is 0.407 e. The van der Waals surface area contributed by atoms with E-state index in [0.29, 0.717) is 18.5 Å². The summed E-state index contributed by atoms with van der Waals surface area (Å²) in [5, 5.41) is 2.90. The molecule has 26 heavy (non-hydrogen) atoms. The molecular formula is C19H30N2O5. The third-order valence-electron chi connectivity index (χ3n) is 4.39. The maximum atomic E-state index is 12.0. The number of amides is 1. The Morgan fingerprint density at radius 1 is 1.23 bits per heavy atom. The first kappa shape index (κ1) is 21.9. The fourth-order valence-electron chi connectivity index (χ4n) is 3.80. The van der Waals surface area contributed by atoms with Crippen LogP contribution in [-0.4, -0.2) is 43.9 Å². The molecule has 0 saturated heterocycles. The van der Waals surface area contributed by atoms with E-state index < -0.39 is 12.1 Å². The summed E-state index contributed by atoms with van der Waals surface area (Å²) in [6, 6.07) is -0.0423. The molecule has 7 heteroatoms. The molecule has 0 aromatic carbocycles. The van der Waals surface area contributed by atoms with Crippen LogP contribution in [0.4, 0.5) is 4.79 Å². The lowest BCUT2D eigenvalue weighted by molar-refractivity contribution is -0.139. The second-order valence-corrected chi connectivity index (χ2v) is 8.21. The number of alkyl carbamates (subject to hydrolysis) is 1. The highest BCUT2D eigenvalue weighted by atomic mass is 16.6. The van der Waals surface area contributed by atoms with Crippen LogP contribution in [0.1, 0.15) is 53.4 Å². The molecule has 1 amide bonds. The van der Waals surface area contributed by atoms with Gasteiger partial charge in [-0.05, 0) is 37.0 Å². The van der Waals surface area contributed by atoms with Gasteiger partial charge in [0.05, 0.1) is 19.8 Å². The van der Waals surface area contributed by atoms with Gasteiger partial charge < -0.3 is 14.8 Å². The maximum Gasteiger partial charge on any atom is 0.407 e. The first-order valence-corrected chi connectivity index (χ1v) is 8.86. The van der Waals surface area contributed by atoms with Crippen molar-refractivity contribution in [3.63, 3.8) is 0 Å². The molecule has 1 aliphatic rings. The van der Waals surface area contributed by atoms with Crippen molar-refractivity contribution in [2.24, 2.45) is 15.8 Å². The van der Waals surface area contributed by atoms with Gasteiger partial charge in [-0.25, -0.2) is 19.4 Å². The molecule has 0 radical (unpaired) electrons. The van der Waals surface area contributed by atoms with Gasteiger partial charge in [0.2, 0.25) is 6.08 Å². The molecule has 0 heterocycles. The molecule has 2 unspecified atom stereocenters. The lowest BCUT2D eigenvalue weighted by Crippen LogP contribution is -2.48. The van der Waals surface area contributed by atoms with Crippen LogP contribution in [0.25, 0.3) is 0 Å². The van der Waals surface area contributed by atoms with Crippen molar-refractivity contribution in [2.75, 3.05) is 19.8 Å². The number of ether oxygens (including phenoxy) is 2. The maximum absolute atomic E-state index is 12.0. The molecule has 1 aliphatic carbocycles. The highest BCUT2D eigenvalue weighted by Crippen LogP contribution is 2.46. The van der Waals surface area contributed by atoms with Gasteiger partial charge in [0.25, 0.3) is 0 Å². The monoisotopic (exact) mass is 366 g/mol. The largest absolute Gasteiger partial charge is 0.462 e. The Labute approximate surface area is 155 Å². The van der Waals surface area contributed by atoms with Crippen LogP contribution in [0.15, 0.2) is 17.1 Å². The van der Waals surface area contributed by atoms with Gasteiger partial charge in [0.1, 0.15) is 0 Å². The molecular weight excluding hydrogens is 336 g/mol. The quantitative estimate of drug-likeness (QED) is 0.234. The molecule has 1 N–H and O–H groups in total. The first-order valence-electron chi connectivity index (χ1n) is 8.86. The Balaban J connectivity index is 2.41. The highest BCUT2D eigenvalue weighted by Gasteiger charge is 2.41. The van der Waals surface area contributed by atoms with E-state index in [1.54, 1.807) is 13.0 Å². The number of hydrogen-bond donors (Lipinski definition) is 1. The molecule has 0 aliphatic heterocycles.